The quantitative estimate of drug-likeness (QED) is 0.767. The molecule has 2 rings (SSSR count). The van der Waals surface area contributed by atoms with Crippen LogP contribution in [0.1, 0.15) is 51.9 Å². The molecule has 0 aromatic heterocycles. The zero-order valence-corrected chi connectivity index (χ0v) is 10.8. The molecule has 2 nitrogen and oxygen atoms in total. The minimum absolute atomic E-state index is 0.748. The predicted molar refractivity (Wildman–Crippen MR) is 69.6 cm³/mol. The molecule has 1 saturated heterocycles. The summed E-state index contributed by atoms with van der Waals surface area (Å²) >= 11 is 0. The Kier molecular flexibility index (Phi) is 5.11. The van der Waals surface area contributed by atoms with Crippen LogP contribution in [-0.2, 0) is 0 Å². The van der Waals surface area contributed by atoms with Crippen LogP contribution in [0.3, 0.4) is 0 Å². The van der Waals surface area contributed by atoms with Crippen LogP contribution in [0.2, 0.25) is 0 Å². The molecule has 1 aliphatic heterocycles. The fourth-order valence-electron chi connectivity index (χ4n) is 3.20. The Morgan fingerprint density at radius 3 is 2.44 bits per heavy atom. The molecule has 1 saturated carbocycles. The maximum Gasteiger partial charge on any atom is 0.0193 e. The van der Waals surface area contributed by atoms with E-state index in [-0.39, 0.29) is 0 Å². The van der Waals surface area contributed by atoms with Crippen molar-refractivity contribution in [2.75, 3.05) is 19.6 Å². The molecule has 2 N–H and O–H groups in total. The maximum atomic E-state index is 3.76. The van der Waals surface area contributed by atoms with Gasteiger partial charge in [0.05, 0.1) is 0 Å². The van der Waals surface area contributed by atoms with Gasteiger partial charge in [-0.15, -0.1) is 0 Å². The summed E-state index contributed by atoms with van der Waals surface area (Å²) in [5.74, 6) is 2.00. The van der Waals surface area contributed by atoms with Crippen LogP contribution in [-0.4, -0.2) is 25.7 Å². The molecule has 2 aliphatic rings. The van der Waals surface area contributed by atoms with E-state index < -0.39 is 0 Å². The molecule has 16 heavy (non-hydrogen) atoms. The van der Waals surface area contributed by atoms with Gasteiger partial charge in [-0.25, -0.2) is 0 Å². The molecule has 1 aliphatic carbocycles. The molecule has 0 aromatic carbocycles. The van der Waals surface area contributed by atoms with E-state index >= 15 is 0 Å². The van der Waals surface area contributed by atoms with Crippen LogP contribution >= 0.6 is 0 Å². The van der Waals surface area contributed by atoms with E-state index in [2.05, 4.69) is 17.6 Å². The molecule has 2 heteroatoms. The third-order valence-corrected chi connectivity index (χ3v) is 4.54. The average molecular weight is 224 g/mol. The van der Waals surface area contributed by atoms with Gasteiger partial charge in [0.15, 0.2) is 0 Å². The number of nitrogens with one attached hydrogen (secondary N) is 2. The van der Waals surface area contributed by atoms with Gasteiger partial charge in [-0.05, 0) is 50.6 Å². The highest BCUT2D eigenvalue weighted by Crippen LogP contribution is 2.30. The largest absolute Gasteiger partial charge is 0.315 e. The second kappa shape index (κ2) is 6.61. The third kappa shape index (κ3) is 3.74. The summed E-state index contributed by atoms with van der Waals surface area (Å²) in [5, 5.41) is 7.24. The summed E-state index contributed by atoms with van der Waals surface area (Å²) in [7, 11) is 0. The van der Waals surface area contributed by atoms with E-state index in [1.165, 1.54) is 64.6 Å². The lowest BCUT2D eigenvalue weighted by atomic mass is 9.81. The Bertz CT molecular complexity index is 179. The Balaban J connectivity index is 1.59. The highest BCUT2D eigenvalue weighted by atomic mass is 15.0. The standard InChI is InChI=1S/C14H28N2/c1-2-12-5-7-13(8-6-12)10-16-14-4-3-9-15-11-14/h12-16H,2-11H2,1H3. The molecule has 0 radical (unpaired) electrons. The zero-order valence-electron chi connectivity index (χ0n) is 10.8. The summed E-state index contributed by atoms with van der Waals surface area (Å²) in [5.41, 5.74) is 0. The number of rotatable bonds is 4. The van der Waals surface area contributed by atoms with Crippen molar-refractivity contribution < 1.29 is 0 Å². The third-order valence-electron chi connectivity index (χ3n) is 4.54. The Morgan fingerprint density at radius 2 is 1.81 bits per heavy atom. The normalized spacial score (nSPS) is 36.2. The summed E-state index contributed by atoms with van der Waals surface area (Å²) in [6.07, 6.45) is 10.00. The van der Waals surface area contributed by atoms with Gasteiger partial charge in [0, 0.05) is 12.6 Å². The lowest BCUT2D eigenvalue weighted by Gasteiger charge is -2.30. The van der Waals surface area contributed by atoms with Crippen LogP contribution < -0.4 is 10.6 Å². The highest BCUT2D eigenvalue weighted by Gasteiger charge is 2.21. The molecule has 0 amide bonds. The van der Waals surface area contributed by atoms with Crippen LogP contribution in [0, 0.1) is 11.8 Å². The van der Waals surface area contributed by atoms with E-state index in [0.29, 0.717) is 0 Å². The molecule has 1 heterocycles. The van der Waals surface area contributed by atoms with E-state index in [0.717, 1.165) is 17.9 Å². The molecular formula is C14H28N2. The summed E-state index contributed by atoms with van der Waals surface area (Å²) in [6, 6.07) is 0.748. The second-order valence-electron chi connectivity index (χ2n) is 5.75. The number of piperidine rings is 1. The van der Waals surface area contributed by atoms with Crippen molar-refractivity contribution >= 4 is 0 Å². The molecule has 0 spiro atoms. The smallest absolute Gasteiger partial charge is 0.0193 e. The lowest BCUT2D eigenvalue weighted by Crippen LogP contribution is -2.44. The van der Waals surface area contributed by atoms with Gasteiger partial charge in [-0.2, -0.15) is 0 Å². The lowest BCUT2D eigenvalue weighted by molar-refractivity contribution is 0.250. The van der Waals surface area contributed by atoms with Crippen LogP contribution in [0.4, 0.5) is 0 Å². The highest BCUT2D eigenvalue weighted by molar-refractivity contribution is 4.78. The topological polar surface area (TPSA) is 24.1 Å². The second-order valence-corrected chi connectivity index (χ2v) is 5.75. The molecule has 0 bridgehead atoms. The van der Waals surface area contributed by atoms with Crippen molar-refractivity contribution in [1.82, 2.24) is 10.6 Å². The van der Waals surface area contributed by atoms with Crippen molar-refractivity contribution in [1.29, 1.82) is 0 Å². The van der Waals surface area contributed by atoms with E-state index in [9.17, 15) is 0 Å². The van der Waals surface area contributed by atoms with Crippen LogP contribution in [0.25, 0.3) is 0 Å². The minimum atomic E-state index is 0.748. The maximum absolute atomic E-state index is 3.76. The fourth-order valence-corrected chi connectivity index (χ4v) is 3.20. The zero-order chi connectivity index (χ0) is 11.2. The summed E-state index contributed by atoms with van der Waals surface area (Å²) in [4.78, 5) is 0. The Hall–Kier alpha value is -0.0800. The Morgan fingerprint density at radius 1 is 1.06 bits per heavy atom. The SMILES string of the molecule is CCC1CCC(CNC2CCCNC2)CC1. The van der Waals surface area contributed by atoms with Gasteiger partial charge in [0.1, 0.15) is 0 Å². The van der Waals surface area contributed by atoms with Gasteiger partial charge >= 0.3 is 0 Å². The van der Waals surface area contributed by atoms with E-state index in [1.807, 2.05) is 0 Å². The molecular weight excluding hydrogens is 196 g/mol. The van der Waals surface area contributed by atoms with E-state index in [4.69, 9.17) is 0 Å². The average Bonchev–Trinajstić information content (AvgIpc) is 2.38. The first-order valence-corrected chi connectivity index (χ1v) is 7.32. The first kappa shape index (κ1) is 12.4. The van der Waals surface area contributed by atoms with Crippen molar-refractivity contribution in [3.8, 4) is 0 Å². The summed E-state index contributed by atoms with van der Waals surface area (Å²) < 4.78 is 0. The molecule has 1 atom stereocenters. The van der Waals surface area contributed by atoms with Crippen molar-refractivity contribution in [2.45, 2.75) is 57.9 Å². The van der Waals surface area contributed by atoms with Crippen molar-refractivity contribution in [3.05, 3.63) is 0 Å². The van der Waals surface area contributed by atoms with Crippen LogP contribution in [0.15, 0.2) is 0 Å². The van der Waals surface area contributed by atoms with Crippen LogP contribution in [0.5, 0.6) is 0 Å². The van der Waals surface area contributed by atoms with Crippen molar-refractivity contribution in [2.24, 2.45) is 11.8 Å². The van der Waals surface area contributed by atoms with Gasteiger partial charge in [-0.3, -0.25) is 0 Å². The number of hydrogen-bond donors (Lipinski definition) is 2. The van der Waals surface area contributed by atoms with Gasteiger partial charge in [0.25, 0.3) is 0 Å². The fraction of sp³-hybridized carbons (Fsp3) is 1.00. The van der Waals surface area contributed by atoms with Gasteiger partial charge < -0.3 is 10.6 Å². The predicted octanol–water partition coefficient (Wildman–Crippen LogP) is 2.54. The van der Waals surface area contributed by atoms with E-state index in [1.54, 1.807) is 0 Å². The van der Waals surface area contributed by atoms with Gasteiger partial charge in [-0.1, -0.05) is 26.2 Å². The van der Waals surface area contributed by atoms with Gasteiger partial charge in [0.2, 0.25) is 0 Å². The summed E-state index contributed by atoms with van der Waals surface area (Å²) in [6.45, 7) is 6.02. The number of hydrogen-bond acceptors (Lipinski definition) is 2. The molecule has 94 valence electrons. The molecule has 1 unspecified atom stereocenters. The molecule has 0 aromatic rings. The first-order valence-electron chi connectivity index (χ1n) is 7.32. The monoisotopic (exact) mass is 224 g/mol. The Labute approximate surface area is 101 Å². The minimum Gasteiger partial charge on any atom is -0.315 e. The first-order chi connectivity index (χ1) is 7.88. The molecule has 2 fully saturated rings. The van der Waals surface area contributed by atoms with Crippen molar-refractivity contribution in [3.63, 3.8) is 0 Å².